The highest BCUT2D eigenvalue weighted by Crippen LogP contribution is 2.26. The molecule has 1 N–H and O–H groups in total. The molecule has 0 aliphatic carbocycles. The Morgan fingerprint density at radius 1 is 1.33 bits per heavy atom. The highest BCUT2D eigenvalue weighted by atomic mass is 35.5. The smallest absolute Gasteiger partial charge is 0.230 e. The van der Waals surface area contributed by atoms with Crippen molar-refractivity contribution in [3.05, 3.63) is 39.9 Å². The van der Waals surface area contributed by atoms with Crippen LogP contribution in [0.15, 0.2) is 24.3 Å². The van der Waals surface area contributed by atoms with Crippen LogP contribution in [0.4, 0.5) is 5.13 Å². The summed E-state index contributed by atoms with van der Waals surface area (Å²) in [5.74, 6) is 0.289. The first kappa shape index (κ1) is 15.9. The van der Waals surface area contributed by atoms with Crippen molar-refractivity contribution in [2.45, 2.75) is 39.0 Å². The minimum absolute atomic E-state index is 0.0943. The maximum absolute atomic E-state index is 12.0. The Labute approximate surface area is 133 Å². The second kappa shape index (κ2) is 7.52. The predicted molar refractivity (Wildman–Crippen MR) is 87.0 cm³/mol. The molecule has 2 rings (SSSR count). The molecule has 1 atom stereocenters. The van der Waals surface area contributed by atoms with Gasteiger partial charge in [-0.25, -0.2) is 0 Å². The van der Waals surface area contributed by atoms with E-state index in [1.807, 2.05) is 12.1 Å². The van der Waals surface area contributed by atoms with E-state index in [-0.39, 0.29) is 5.91 Å². The molecular formula is C15H18ClN3OS. The van der Waals surface area contributed by atoms with Crippen molar-refractivity contribution in [2.75, 3.05) is 5.32 Å². The molecule has 0 bridgehead atoms. The molecule has 0 saturated heterocycles. The van der Waals surface area contributed by atoms with Crippen molar-refractivity contribution < 1.29 is 4.79 Å². The van der Waals surface area contributed by atoms with Gasteiger partial charge in [-0.1, -0.05) is 55.3 Å². The molecule has 6 heteroatoms. The molecule has 0 spiro atoms. The molecule has 2 aromatic rings. The van der Waals surface area contributed by atoms with Gasteiger partial charge in [0.05, 0.1) is 6.42 Å². The third kappa shape index (κ3) is 4.79. The van der Waals surface area contributed by atoms with Crippen LogP contribution in [-0.2, 0) is 11.2 Å². The summed E-state index contributed by atoms with van der Waals surface area (Å²) in [6.45, 7) is 4.27. The van der Waals surface area contributed by atoms with Crippen LogP contribution in [-0.4, -0.2) is 16.1 Å². The predicted octanol–water partition coefficient (Wildman–Crippen LogP) is 4.28. The largest absolute Gasteiger partial charge is 0.300 e. The zero-order chi connectivity index (χ0) is 15.2. The van der Waals surface area contributed by atoms with Crippen molar-refractivity contribution in [3.63, 3.8) is 0 Å². The molecule has 0 radical (unpaired) electrons. The van der Waals surface area contributed by atoms with Crippen LogP contribution in [0.1, 0.15) is 43.2 Å². The van der Waals surface area contributed by atoms with E-state index in [1.54, 1.807) is 12.1 Å². The summed E-state index contributed by atoms with van der Waals surface area (Å²) >= 11 is 7.27. The number of anilines is 1. The summed E-state index contributed by atoms with van der Waals surface area (Å²) in [5, 5.41) is 13.2. The number of hydrogen-bond acceptors (Lipinski definition) is 4. The van der Waals surface area contributed by atoms with E-state index in [0.29, 0.717) is 22.5 Å². The van der Waals surface area contributed by atoms with Crippen LogP contribution in [0.25, 0.3) is 0 Å². The van der Waals surface area contributed by atoms with Crippen molar-refractivity contribution in [1.82, 2.24) is 10.2 Å². The Bertz CT molecular complexity index is 597. The highest BCUT2D eigenvalue weighted by Gasteiger charge is 2.13. The number of aromatic nitrogens is 2. The molecule has 21 heavy (non-hydrogen) atoms. The monoisotopic (exact) mass is 323 g/mol. The van der Waals surface area contributed by atoms with Crippen molar-refractivity contribution in [3.8, 4) is 0 Å². The Kier molecular flexibility index (Phi) is 5.70. The first-order valence-electron chi connectivity index (χ1n) is 6.96. The minimum atomic E-state index is -0.0943. The molecular weight excluding hydrogens is 306 g/mol. The molecule has 4 nitrogen and oxygen atoms in total. The van der Waals surface area contributed by atoms with Crippen LogP contribution in [0.5, 0.6) is 0 Å². The summed E-state index contributed by atoms with van der Waals surface area (Å²) < 4.78 is 0. The highest BCUT2D eigenvalue weighted by molar-refractivity contribution is 7.15. The summed E-state index contributed by atoms with van der Waals surface area (Å²) in [4.78, 5) is 12.0. The standard InChI is InChI=1S/C15H18ClN3OS/c1-3-4-10(2)14-18-19-15(21-14)17-13(20)9-11-5-7-12(16)8-6-11/h5-8,10H,3-4,9H2,1-2H3,(H,17,19,20)/t10-/m0/s1. The summed E-state index contributed by atoms with van der Waals surface area (Å²) in [7, 11) is 0. The van der Waals surface area contributed by atoms with Gasteiger partial charge >= 0.3 is 0 Å². The number of carbonyl (C=O) groups is 1. The maximum Gasteiger partial charge on any atom is 0.230 e. The fourth-order valence-electron chi connectivity index (χ4n) is 1.99. The summed E-state index contributed by atoms with van der Waals surface area (Å²) in [6.07, 6.45) is 2.49. The first-order valence-corrected chi connectivity index (χ1v) is 8.15. The molecule has 0 aliphatic rings. The Balaban J connectivity index is 1.92. The molecule has 0 unspecified atom stereocenters. The number of nitrogens with one attached hydrogen (secondary N) is 1. The number of benzene rings is 1. The van der Waals surface area contributed by atoms with Crippen LogP contribution in [0.2, 0.25) is 5.02 Å². The third-order valence-electron chi connectivity index (χ3n) is 3.11. The summed E-state index contributed by atoms with van der Waals surface area (Å²) in [6, 6.07) is 7.24. The lowest BCUT2D eigenvalue weighted by molar-refractivity contribution is -0.115. The Morgan fingerprint density at radius 2 is 2.05 bits per heavy atom. The third-order valence-corrected chi connectivity index (χ3v) is 4.43. The minimum Gasteiger partial charge on any atom is -0.300 e. The van der Waals surface area contributed by atoms with Gasteiger partial charge in [0.15, 0.2) is 0 Å². The van der Waals surface area contributed by atoms with Crippen molar-refractivity contribution >= 4 is 34.0 Å². The maximum atomic E-state index is 12.0. The van der Waals surface area contributed by atoms with Gasteiger partial charge in [-0.2, -0.15) is 0 Å². The quantitative estimate of drug-likeness (QED) is 0.863. The molecule has 112 valence electrons. The molecule has 1 aromatic carbocycles. The van der Waals surface area contributed by atoms with E-state index in [0.717, 1.165) is 23.4 Å². The first-order chi connectivity index (χ1) is 10.1. The number of halogens is 1. The average molecular weight is 324 g/mol. The fourth-order valence-corrected chi connectivity index (χ4v) is 2.96. The summed E-state index contributed by atoms with van der Waals surface area (Å²) in [5.41, 5.74) is 0.918. The van der Waals surface area contributed by atoms with Crippen molar-refractivity contribution in [1.29, 1.82) is 0 Å². The van der Waals surface area contributed by atoms with E-state index in [1.165, 1.54) is 11.3 Å². The second-order valence-electron chi connectivity index (χ2n) is 4.99. The number of nitrogens with zero attached hydrogens (tertiary/aromatic N) is 2. The van der Waals surface area contributed by atoms with Gasteiger partial charge in [-0.05, 0) is 24.1 Å². The van der Waals surface area contributed by atoms with Crippen LogP contribution in [0, 0.1) is 0 Å². The van der Waals surface area contributed by atoms with Gasteiger partial charge in [-0.3, -0.25) is 4.79 Å². The van der Waals surface area contributed by atoms with Crippen LogP contribution >= 0.6 is 22.9 Å². The molecule has 0 saturated carbocycles. The zero-order valence-electron chi connectivity index (χ0n) is 12.1. The molecule has 1 aromatic heterocycles. The lowest BCUT2D eigenvalue weighted by atomic mass is 10.1. The Hall–Kier alpha value is -1.46. The van der Waals surface area contributed by atoms with E-state index >= 15 is 0 Å². The number of hydrogen-bond donors (Lipinski definition) is 1. The van der Waals surface area contributed by atoms with Gasteiger partial charge in [0.25, 0.3) is 0 Å². The molecule has 1 heterocycles. The van der Waals surface area contributed by atoms with E-state index < -0.39 is 0 Å². The fraction of sp³-hybridized carbons (Fsp3) is 0.400. The van der Waals surface area contributed by atoms with E-state index in [9.17, 15) is 4.79 Å². The van der Waals surface area contributed by atoms with E-state index in [4.69, 9.17) is 11.6 Å². The van der Waals surface area contributed by atoms with Gasteiger partial charge in [-0.15, -0.1) is 10.2 Å². The van der Waals surface area contributed by atoms with Gasteiger partial charge < -0.3 is 5.32 Å². The van der Waals surface area contributed by atoms with Gasteiger partial charge in [0.2, 0.25) is 11.0 Å². The normalized spacial score (nSPS) is 12.1. The topological polar surface area (TPSA) is 54.9 Å². The van der Waals surface area contributed by atoms with Gasteiger partial charge in [0.1, 0.15) is 5.01 Å². The zero-order valence-corrected chi connectivity index (χ0v) is 13.7. The number of rotatable bonds is 6. The molecule has 1 amide bonds. The molecule has 0 aliphatic heterocycles. The lowest BCUT2D eigenvalue weighted by Crippen LogP contribution is -2.14. The van der Waals surface area contributed by atoms with Gasteiger partial charge in [0, 0.05) is 10.9 Å². The SMILES string of the molecule is CCC[C@H](C)c1nnc(NC(=O)Cc2ccc(Cl)cc2)s1. The van der Waals surface area contributed by atoms with Crippen LogP contribution < -0.4 is 5.32 Å². The molecule has 0 fully saturated rings. The van der Waals surface area contributed by atoms with Crippen LogP contribution in [0.3, 0.4) is 0 Å². The number of carbonyl (C=O) groups excluding carboxylic acids is 1. The Morgan fingerprint density at radius 3 is 2.71 bits per heavy atom. The lowest BCUT2D eigenvalue weighted by Gasteiger charge is -2.03. The second-order valence-corrected chi connectivity index (χ2v) is 6.43. The van der Waals surface area contributed by atoms with E-state index in [2.05, 4.69) is 29.4 Å². The number of amides is 1. The average Bonchev–Trinajstić information content (AvgIpc) is 2.90. The van der Waals surface area contributed by atoms with Crippen molar-refractivity contribution in [2.24, 2.45) is 0 Å².